The molecule has 0 bridgehead atoms. The lowest BCUT2D eigenvalue weighted by Gasteiger charge is -2.12. The predicted molar refractivity (Wildman–Crippen MR) is 96.5 cm³/mol. The Labute approximate surface area is 151 Å². The molecule has 0 saturated heterocycles. The predicted octanol–water partition coefficient (Wildman–Crippen LogP) is 3.36. The molecule has 0 heterocycles. The Bertz CT molecular complexity index is 838. The van der Waals surface area contributed by atoms with Crippen LogP contribution in [-0.2, 0) is 11.3 Å². The van der Waals surface area contributed by atoms with E-state index >= 15 is 0 Å². The fraction of sp³-hybridized carbons (Fsp3) is 0.300. The maximum Gasteiger partial charge on any atom is 0.253 e. The van der Waals surface area contributed by atoms with Crippen molar-refractivity contribution in [3.63, 3.8) is 0 Å². The van der Waals surface area contributed by atoms with Crippen LogP contribution in [-0.4, -0.2) is 18.9 Å². The summed E-state index contributed by atoms with van der Waals surface area (Å²) in [5, 5.41) is 5.49. The van der Waals surface area contributed by atoms with Gasteiger partial charge in [-0.15, -0.1) is 0 Å². The number of hydrogen-bond acceptors (Lipinski definition) is 3. The molecule has 1 saturated carbocycles. The Kier molecular flexibility index (Phi) is 5.21. The summed E-state index contributed by atoms with van der Waals surface area (Å²) in [7, 11) is 1.57. The van der Waals surface area contributed by atoms with Gasteiger partial charge in [0.05, 0.1) is 18.4 Å². The molecule has 0 spiro atoms. The van der Waals surface area contributed by atoms with Crippen LogP contribution in [0.5, 0.6) is 5.75 Å². The molecule has 0 aromatic heterocycles. The van der Waals surface area contributed by atoms with Crippen LogP contribution < -0.4 is 15.4 Å². The lowest BCUT2D eigenvalue weighted by molar-refractivity contribution is -0.117. The van der Waals surface area contributed by atoms with Gasteiger partial charge in [-0.3, -0.25) is 9.59 Å². The Balaban J connectivity index is 1.71. The quantitative estimate of drug-likeness (QED) is 0.834. The number of carbonyl (C=O) groups excluding carboxylic acids is 2. The first-order valence-electron chi connectivity index (χ1n) is 8.49. The number of nitrogens with one attached hydrogen (secondary N) is 2. The van der Waals surface area contributed by atoms with Gasteiger partial charge >= 0.3 is 0 Å². The summed E-state index contributed by atoms with van der Waals surface area (Å²) < 4.78 is 18.8. The first-order chi connectivity index (χ1) is 12.5. The maximum atomic E-state index is 13.6. The van der Waals surface area contributed by atoms with Crippen molar-refractivity contribution in [3.05, 3.63) is 59.4 Å². The van der Waals surface area contributed by atoms with Gasteiger partial charge in [-0.25, -0.2) is 4.39 Å². The van der Waals surface area contributed by atoms with Crippen molar-refractivity contribution < 1.29 is 18.7 Å². The largest absolute Gasteiger partial charge is 0.497 e. The van der Waals surface area contributed by atoms with Gasteiger partial charge in [-0.05, 0) is 48.2 Å². The first kappa shape index (κ1) is 17.9. The molecule has 0 unspecified atom stereocenters. The van der Waals surface area contributed by atoms with Gasteiger partial charge < -0.3 is 15.4 Å². The summed E-state index contributed by atoms with van der Waals surface area (Å²) >= 11 is 0. The second-order valence-corrected chi connectivity index (χ2v) is 6.53. The lowest BCUT2D eigenvalue weighted by atomic mass is 10.1. The van der Waals surface area contributed by atoms with E-state index in [1.165, 1.54) is 12.1 Å². The molecule has 6 heteroatoms. The molecular weight excluding hydrogens is 335 g/mol. The number of rotatable bonds is 6. The zero-order chi connectivity index (χ0) is 18.7. The van der Waals surface area contributed by atoms with Crippen molar-refractivity contribution >= 4 is 17.5 Å². The molecule has 2 atom stereocenters. The minimum atomic E-state index is -0.533. The Morgan fingerprint density at radius 2 is 2.00 bits per heavy atom. The molecule has 26 heavy (non-hydrogen) atoms. The minimum Gasteiger partial charge on any atom is -0.497 e. The molecule has 0 radical (unpaired) electrons. The normalized spacial score (nSPS) is 18.1. The van der Waals surface area contributed by atoms with Gasteiger partial charge in [0.15, 0.2) is 0 Å². The van der Waals surface area contributed by atoms with Crippen LogP contribution in [0.3, 0.4) is 0 Å². The highest BCUT2D eigenvalue weighted by Crippen LogP contribution is 2.38. The summed E-state index contributed by atoms with van der Waals surface area (Å²) in [6, 6.07) is 11.1. The van der Waals surface area contributed by atoms with Crippen molar-refractivity contribution in [3.8, 4) is 5.75 Å². The first-order valence-corrected chi connectivity index (χ1v) is 8.49. The van der Waals surface area contributed by atoms with E-state index in [2.05, 4.69) is 10.6 Å². The van der Waals surface area contributed by atoms with E-state index < -0.39 is 11.7 Å². The van der Waals surface area contributed by atoms with Gasteiger partial charge in [0, 0.05) is 12.5 Å². The van der Waals surface area contributed by atoms with Crippen molar-refractivity contribution in [1.82, 2.24) is 5.32 Å². The minimum absolute atomic E-state index is 0.0345. The summed E-state index contributed by atoms with van der Waals surface area (Å²) in [6.45, 7) is 2.26. The molecule has 2 amide bonds. The number of carbonyl (C=O) groups is 2. The molecule has 2 N–H and O–H groups in total. The van der Waals surface area contributed by atoms with Crippen LogP contribution in [0.2, 0.25) is 0 Å². The van der Waals surface area contributed by atoms with Crippen LogP contribution in [0.4, 0.5) is 10.1 Å². The van der Waals surface area contributed by atoms with Gasteiger partial charge in [0.1, 0.15) is 11.6 Å². The second kappa shape index (κ2) is 7.56. The van der Waals surface area contributed by atoms with Crippen LogP contribution in [0, 0.1) is 17.7 Å². The van der Waals surface area contributed by atoms with E-state index in [9.17, 15) is 14.0 Å². The van der Waals surface area contributed by atoms with Gasteiger partial charge in [-0.1, -0.05) is 19.1 Å². The Morgan fingerprint density at radius 1 is 1.23 bits per heavy atom. The monoisotopic (exact) mass is 356 g/mol. The SMILES string of the molecule is COc1cccc(CNC(=O)c2cc(F)ccc2NC(=O)[C@H]2C[C@@H]2C)c1. The van der Waals surface area contributed by atoms with Gasteiger partial charge in [0.2, 0.25) is 5.91 Å². The number of halogens is 1. The lowest BCUT2D eigenvalue weighted by Crippen LogP contribution is -2.25. The standard InChI is InChI=1S/C20H21FN2O3/c1-12-8-16(12)20(25)23-18-7-6-14(21)10-17(18)19(24)22-11-13-4-3-5-15(9-13)26-2/h3-7,9-10,12,16H,8,11H2,1-2H3,(H,22,24)(H,23,25)/t12-,16-/m0/s1. The smallest absolute Gasteiger partial charge is 0.253 e. The van der Waals surface area contributed by atoms with Crippen molar-refractivity contribution in [2.45, 2.75) is 19.9 Å². The highest BCUT2D eigenvalue weighted by molar-refractivity contribution is 6.04. The summed E-state index contributed by atoms with van der Waals surface area (Å²) in [4.78, 5) is 24.7. The van der Waals surface area contributed by atoms with E-state index in [1.54, 1.807) is 7.11 Å². The van der Waals surface area contributed by atoms with Gasteiger partial charge in [0.25, 0.3) is 5.91 Å². The number of amides is 2. The number of ether oxygens (including phenoxy) is 1. The number of hydrogen-bond donors (Lipinski definition) is 2. The van der Waals surface area contributed by atoms with E-state index in [1.807, 2.05) is 31.2 Å². The molecule has 2 aromatic rings. The van der Waals surface area contributed by atoms with E-state index in [0.29, 0.717) is 17.4 Å². The summed E-state index contributed by atoms with van der Waals surface area (Å²) in [5.41, 5.74) is 1.28. The zero-order valence-corrected chi connectivity index (χ0v) is 14.7. The summed E-state index contributed by atoms with van der Waals surface area (Å²) in [6.07, 6.45) is 0.838. The van der Waals surface area contributed by atoms with E-state index in [4.69, 9.17) is 4.74 Å². The van der Waals surface area contributed by atoms with Crippen molar-refractivity contribution in [1.29, 1.82) is 0 Å². The molecule has 2 aromatic carbocycles. The van der Waals surface area contributed by atoms with E-state index in [0.717, 1.165) is 18.1 Å². The molecule has 1 aliphatic carbocycles. The Hall–Kier alpha value is -2.89. The molecular formula is C20H21FN2O3. The summed E-state index contributed by atoms with van der Waals surface area (Å²) in [5.74, 6) is -0.116. The Morgan fingerprint density at radius 3 is 2.69 bits per heavy atom. The maximum absolute atomic E-state index is 13.6. The molecule has 5 nitrogen and oxygen atoms in total. The van der Waals surface area contributed by atoms with Crippen LogP contribution in [0.15, 0.2) is 42.5 Å². The third-order valence-electron chi connectivity index (χ3n) is 4.52. The second-order valence-electron chi connectivity index (χ2n) is 6.53. The molecule has 3 rings (SSSR count). The number of anilines is 1. The highest BCUT2D eigenvalue weighted by atomic mass is 19.1. The number of methoxy groups -OCH3 is 1. The van der Waals surface area contributed by atoms with Crippen LogP contribution in [0.1, 0.15) is 29.3 Å². The third-order valence-corrected chi connectivity index (χ3v) is 4.52. The molecule has 136 valence electrons. The van der Waals surface area contributed by atoms with Crippen LogP contribution in [0.25, 0.3) is 0 Å². The average Bonchev–Trinajstić information content (AvgIpc) is 3.38. The molecule has 0 aliphatic heterocycles. The van der Waals surface area contributed by atoms with Crippen molar-refractivity contribution in [2.24, 2.45) is 11.8 Å². The van der Waals surface area contributed by atoms with Crippen molar-refractivity contribution in [2.75, 3.05) is 12.4 Å². The fourth-order valence-corrected chi connectivity index (χ4v) is 2.79. The molecule has 1 aliphatic rings. The highest BCUT2D eigenvalue weighted by Gasteiger charge is 2.39. The zero-order valence-electron chi connectivity index (χ0n) is 14.7. The third kappa shape index (κ3) is 4.20. The topological polar surface area (TPSA) is 67.4 Å². The van der Waals surface area contributed by atoms with Crippen LogP contribution >= 0.6 is 0 Å². The fourth-order valence-electron chi connectivity index (χ4n) is 2.79. The average molecular weight is 356 g/mol. The van der Waals surface area contributed by atoms with E-state index in [-0.39, 0.29) is 23.9 Å². The number of benzene rings is 2. The molecule has 1 fully saturated rings. The van der Waals surface area contributed by atoms with Gasteiger partial charge in [-0.2, -0.15) is 0 Å².